The molecule has 2 unspecified atom stereocenters. The lowest BCUT2D eigenvalue weighted by atomic mass is 9.98. The fourth-order valence-electron chi connectivity index (χ4n) is 1.14. The van der Waals surface area contributed by atoms with E-state index in [1.165, 1.54) is 0 Å². The molecule has 0 radical (unpaired) electrons. The first-order valence-corrected chi connectivity index (χ1v) is 4.50. The molecule has 0 heterocycles. The van der Waals surface area contributed by atoms with Crippen molar-refractivity contribution in [1.29, 1.82) is 0 Å². The highest BCUT2D eigenvalue weighted by atomic mass is 16.5. The summed E-state index contributed by atoms with van der Waals surface area (Å²) in [6.07, 6.45) is 1.24. The molecular formula is C9H21NO. The van der Waals surface area contributed by atoms with Crippen molar-refractivity contribution in [2.75, 3.05) is 6.61 Å². The van der Waals surface area contributed by atoms with Crippen LogP contribution in [0, 0.1) is 5.92 Å². The van der Waals surface area contributed by atoms with Gasteiger partial charge in [0.1, 0.15) is 0 Å². The van der Waals surface area contributed by atoms with Crippen molar-refractivity contribution in [2.24, 2.45) is 11.7 Å². The molecule has 2 N–H and O–H groups in total. The van der Waals surface area contributed by atoms with Gasteiger partial charge >= 0.3 is 0 Å². The second-order valence-corrected chi connectivity index (χ2v) is 3.22. The molecule has 0 aliphatic heterocycles. The van der Waals surface area contributed by atoms with Gasteiger partial charge in [0.05, 0.1) is 6.10 Å². The molecule has 2 nitrogen and oxygen atoms in total. The summed E-state index contributed by atoms with van der Waals surface area (Å²) in [5, 5.41) is 0. The lowest BCUT2D eigenvalue weighted by Gasteiger charge is -2.25. The zero-order chi connectivity index (χ0) is 8.85. The third-order valence-electron chi connectivity index (χ3n) is 1.98. The van der Waals surface area contributed by atoms with E-state index in [1.54, 1.807) is 0 Å². The molecule has 68 valence electrons. The van der Waals surface area contributed by atoms with Gasteiger partial charge in [-0.25, -0.2) is 0 Å². The van der Waals surface area contributed by atoms with Gasteiger partial charge in [-0.05, 0) is 19.3 Å². The molecule has 0 rings (SSSR count). The maximum absolute atomic E-state index is 5.93. The fourth-order valence-corrected chi connectivity index (χ4v) is 1.14. The zero-order valence-corrected chi connectivity index (χ0v) is 8.13. The second-order valence-electron chi connectivity index (χ2n) is 3.22. The van der Waals surface area contributed by atoms with Crippen LogP contribution in [0.5, 0.6) is 0 Å². The summed E-state index contributed by atoms with van der Waals surface area (Å²) in [6, 6.07) is 0.181. The van der Waals surface area contributed by atoms with Crippen molar-refractivity contribution in [3.05, 3.63) is 0 Å². The molecule has 0 aliphatic rings. The Morgan fingerprint density at radius 3 is 2.09 bits per heavy atom. The highest BCUT2D eigenvalue weighted by Crippen LogP contribution is 2.10. The highest BCUT2D eigenvalue weighted by Gasteiger charge is 2.18. The van der Waals surface area contributed by atoms with Gasteiger partial charge in [0, 0.05) is 12.6 Å². The van der Waals surface area contributed by atoms with E-state index in [1.807, 2.05) is 6.92 Å². The van der Waals surface area contributed by atoms with E-state index in [0.717, 1.165) is 13.0 Å². The van der Waals surface area contributed by atoms with Gasteiger partial charge in [-0.1, -0.05) is 20.8 Å². The summed E-state index contributed by atoms with van der Waals surface area (Å²) in [5.74, 6) is 0.506. The molecular weight excluding hydrogens is 138 g/mol. The molecule has 0 spiro atoms. The highest BCUT2D eigenvalue weighted by molar-refractivity contribution is 4.74. The number of hydrogen-bond donors (Lipinski definition) is 1. The Bertz CT molecular complexity index is 93.6. The van der Waals surface area contributed by atoms with E-state index >= 15 is 0 Å². The number of rotatable bonds is 5. The Hall–Kier alpha value is -0.0800. The summed E-state index contributed by atoms with van der Waals surface area (Å²) >= 11 is 0. The van der Waals surface area contributed by atoms with Crippen LogP contribution in [0.15, 0.2) is 0 Å². The molecule has 2 heteroatoms. The van der Waals surface area contributed by atoms with Crippen molar-refractivity contribution in [3.8, 4) is 0 Å². The number of nitrogens with two attached hydrogens (primary N) is 1. The van der Waals surface area contributed by atoms with Gasteiger partial charge in [0.2, 0.25) is 0 Å². The molecule has 0 amide bonds. The fraction of sp³-hybridized carbons (Fsp3) is 1.00. The van der Waals surface area contributed by atoms with E-state index in [4.69, 9.17) is 10.5 Å². The topological polar surface area (TPSA) is 35.2 Å². The lowest BCUT2D eigenvalue weighted by Crippen LogP contribution is -2.40. The van der Waals surface area contributed by atoms with E-state index in [-0.39, 0.29) is 12.1 Å². The van der Waals surface area contributed by atoms with E-state index in [9.17, 15) is 0 Å². The minimum absolute atomic E-state index is 0.181. The van der Waals surface area contributed by atoms with Crippen LogP contribution in [0.1, 0.15) is 34.1 Å². The van der Waals surface area contributed by atoms with Crippen LogP contribution in [0.2, 0.25) is 0 Å². The summed E-state index contributed by atoms with van der Waals surface area (Å²) in [5.41, 5.74) is 5.93. The van der Waals surface area contributed by atoms with E-state index in [2.05, 4.69) is 20.8 Å². The van der Waals surface area contributed by atoms with Gasteiger partial charge in [0.25, 0.3) is 0 Å². The normalized spacial score (nSPS) is 16.9. The Kier molecular flexibility index (Phi) is 5.51. The molecule has 0 aromatic carbocycles. The van der Waals surface area contributed by atoms with Gasteiger partial charge in [-0.2, -0.15) is 0 Å². The largest absolute Gasteiger partial charge is 0.377 e. The molecule has 0 saturated heterocycles. The van der Waals surface area contributed by atoms with Gasteiger partial charge in [0.15, 0.2) is 0 Å². The van der Waals surface area contributed by atoms with Crippen molar-refractivity contribution < 1.29 is 4.74 Å². The molecule has 0 aromatic heterocycles. The SMILES string of the molecule is CCOC(CC)C(N)C(C)C. The quantitative estimate of drug-likeness (QED) is 0.663. The van der Waals surface area contributed by atoms with Crippen molar-refractivity contribution in [3.63, 3.8) is 0 Å². The summed E-state index contributed by atoms with van der Waals surface area (Å²) in [4.78, 5) is 0. The van der Waals surface area contributed by atoms with Gasteiger partial charge < -0.3 is 10.5 Å². The molecule has 0 aromatic rings. The standard InChI is InChI=1S/C9H21NO/c1-5-8(11-6-2)9(10)7(3)4/h7-9H,5-6,10H2,1-4H3. The molecule has 0 fully saturated rings. The van der Waals surface area contributed by atoms with Crippen LogP contribution in [-0.4, -0.2) is 18.8 Å². The van der Waals surface area contributed by atoms with Crippen molar-refractivity contribution in [1.82, 2.24) is 0 Å². The maximum atomic E-state index is 5.93. The van der Waals surface area contributed by atoms with E-state index < -0.39 is 0 Å². The first-order valence-electron chi connectivity index (χ1n) is 4.50. The zero-order valence-electron chi connectivity index (χ0n) is 8.13. The van der Waals surface area contributed by atoms with Crippen LogP contribution >= 0.6 is 0 Å². The Morgan fingerprint density at radius 1 is 1.27 bits per heavy atom. The summed E-state index contributed by atoms with van der Waals surface area (Å²) in [7, 11) is 0. The number of hydrogen-bond acceptors (Lipinski definition) is 2. The first-order chi connectivity index (χ1) is 5.13. The van der Waals surface area contributed by atoms with Gasteiger partial charge in [-0.3, -0.25) is 0 Å². The number of ether oxygens (including phenoxy) is 1. The molecule has 0 saturated carbocycles. The Morgan fingerprint density at radius 2 is 1.82 bits per heavy atom. The predicted molar refractivity (Wildman–Crippen MR) is 48.5 cm³/mol. The average molecular weight is 159 g/mol. The predicted octanol–water partition coefficient (Wildman–Crippen LogP) is 1.78. The maximum Gasteiger partial charge on any atom is 0.0725 e. The van der Waals surface area contributed by atoms with Crippen LogP contribution in [0.4, 0.5) is 0 Å². The third kappa shape index (κ3) is 3.73. The van der Waals surface area contributed by atoms with Crippen LogP contribution in [0.25, 0.3) is 0 Å². The lowest BCUT2D eigenvalue weighted by molar-refractivity contribution is 0.0308. The van der Waals surface area contributed by atoms with Crippen LogP contribution in [-0.2, 0) is 4.74 Å². The molecule has 2 atom stereocenters. The minimum Gasteiger partial charge on any atom is -0.377 e. The smallest absolute Gasteiger partial charge is 0.0725 e. The minimum atomic E-state index is 0.181. The van der Waals surface area contributed by atoms with Crippen LogP contribution < -0.4 is 5.73 Å². The Balaban J connectivity index is 3.81. The van der Waals surface area contributed by atoms with E-state index in [0.29, 0.717) is 5.92 Å². The first kappa shape index (κ1) is 10.9. The average Bonchev–Trinajstić information content (AvgIpc) is 1.98. The summed E-state index contributed by atoms with van der Waals surface area (Å²) < 4.78 is 5.49. The molecule has 11 heavy (non-hydrogen) atoms. The Labute approximate surface area is 70.1 Å². The second kappa shape index (κ2) is 5.56. The monoisotopic (exact) mass is 159 g/mol. The van der Waals surface area contributed by atoms with Gasteiger partial charge in [-0.15, -0.1) is 0 Å². The summed E-state index contributed by atoms with van der Waals surface area (Å²) in [6.45, 7) is 9.15. The van der Waals surface area contributed by atoms with Crippen molar-refractivity contribution in [2.45, 2.75) is 46.3 Å². The third-order valence-corrected chi connectivity index (χ3v) is 1.98. The van der Waals surface area contributed by atoms with Crippen molar-refractivity contribution >= 4 is 0 Å². The van der Waals surface area contributed by atoms with Crippen LogP contribution in [0.3, 0.4) is 0 Å². The molecule has 0 bridgehead atoms. The molecule has 0 aliphatic carbocycles.